The van der Waals surface area contributed by atoms with Crippen LogP contribution in [-0.4, -0.2) is 15.9 Å². The van der Waals surface area contributed by atoms with Gasteiger partial charge in [0.05, 0.1) is 10.7 Å². The first-order valence-corrected chi connectivity index (χ1v) is 5.66. The van der Waals surface area contributed by atoms with Crippen molar-refractivity contribution in [3.05, 3.63) is 47.4 Å². The van der Waals surface area contributed by atoms with E-state index >= 15 is 0 Å². The summed E-state index contributed by atoms with van der Waals surface area (Å²) in [5, 5.41) is 3.11. The Hall–Kier alpha value is -2.14. The van der Waals surface area contributed by atoms with Gasteiger partial charge in [-0.05, 0) is 12.1 Å². The Balaban J connectivity index is 1.99. The number of hydrogen-bond donors (Lipinski definition) is 1. The number of ether oxygens (including phenoxy) is 1. The van der Waals surface area contributed by atoms with Gasteiger partial charge >= 0.3 is 0 Å². The molecule has 0 aliphatic carbocycles. The molecule has 1 amide bonds. The van der Waals surface area contributed by atoms with Gasteiger partial charge in [0.15, 0.2) is 11.6 Å². The van der Waals surface area contributed by atoms with Crippen molar-refractivity contribution in [1.82, 2.24) is 9.97 Å². The van der Waals surface area contributed by atoms with Crippen molar-refractivity contribution >= 4 is 23.3 Å². The van der Waals surface area contributed by atoms with E-state index < -0.39 is 6.10 Å². The third-order valence-electron chi connectivity index (χ3n) is 2.50. The topological polar surface area (TPSA) is 64.1 Å². The minimum atomic E-state index is -0.779. The van der Waals surface area contributed by atoms with Crippen LogP contribution in [0, 0.1) is 0 Å². The van der Waals surface area contributed by atoms with Gasteiger partial charge in [-0.2, -0.15) is 0 Å². The van der Waals surface area contributed by atoms with E-state index in [-0.39, 0.29) is 5.91 Å². The minimum Gasteiger partial charge on any atom is -0.470 e. The number of hydrogen-bond acceptors (Lipinski definition) is 4. The van der Waals surface area contributed by atoms with Gasteiger partial charge in [0, 0.05) is 18.5 Å². The van der Waals surface area contributed by atoms with Gasteiger partial charge in [0.25, 0.3) is 5.91 Å². The molecule has 1 unspecified atom stereocenters. The first kappa shape index (κ1) is 11.0. The van der Waals surface area contributed by atoms with Gasteiger partial charge in [-0.1, -0.05) is 17.7 Å². The summed E-state index contributed by atoms with van der Waals surface area (Å²) in [4.78, 5) is 20.0. The van der Waals surface area contributed by atoms with Crippen LogP contribution in [-0.2, 0) is 4.79 Å². The van der Waals surface area contributed by atoms with Crippen LogP contribution in [0.1, 0.15) is 11.8 Å². The maximum atomic E-state index is 11.9. The molecule has 0 bridgehead atoms. The van der Waals surface area contributed by atoms with Gasteiger partial charge < -0.3 is 10.1 Å². The van der Waals surface area contributed by atoms with Crippen molar-refractivity contribution in [2.45, 2.75) is 6.10 Å². The summed E-state index contributed by atoms with van der Waals surface area (Å²) in [7, 11) is 0. The molecule has 18 heavy (non-hydrogen) atoms. The number of halogens is 1. The molecule has 1 atom stereocenters. The Morgan fingerprint density at radius 2 is 2.22 bits per heavy atom. The molecular weight excluding hydrogens is 254 g/mol. The van der Waals surface area contributed by atoms with Crippen LogP contribution in [0.4, 0.5) is 5.82 Å². The van der Waals surface area contributed by atoms with E-state index in [0.29, 0.717) is 22.3 Å². The third kappa shape index (κ3) is 1.89. The summed E-state index contributed by atoms with van der Waals surface area (Å²) in [5.41, 5.74) is 0.542. The van der Waals surface area contributed by atoms with E-state index in [1.165, 1.54) is 6.20 Å². The molecule has 1 N–H and O–H groups in total. The van der Waals surface area contributed by atoms with E-state index in [0.717, 1.165) is 0 Å². The van der Waals surface area contributed by atoms with Crippen LogP contribution >= 0.6 is 11.6 Å². The largest absolute Gasteiger partial charge is 0.470 e. The normalized spacial score (nSPS) is 17.6. The predicted molar refractivity (Wildman–Crippen MR) is 65.5 cm³/mol. The minimum absolute atomic E-state index is 0.295. The van der Waals surface area contributed by atoms with E-state index in [2.05, 4.69) is 15.3 Å². The highest BCUT2D eigenvalue weighted by Crippen LogP contribution is 2.34. The second kappa shape index (κ2) is 4.27. The van der Waals surface area contributed by atoms with Crippen LogP contribution in [0.5, 0.6) is 5.75 Å². The molecule has 2 aromatic rings. The molecule has 2 aromatic heterocycles. The Morgan fingerprint density at radius 3 is 3.00 bits per heavy atom. The second-order valence-electron chi connectivity index (χ2n) is 3.74. The van der Waals surface area contributed by atoms with Crippen LogP contribution in [0.15, 0.2) is 36.7 Å². The van der Waals surface area contributed by atoms with E-state index in [1.54, 1.807) is 30.5 Å². The number of nitrogens with zero attached hydrogens (tertiary/aromatic N) is 2. The number of rotatable bonds is 1. The molecule has 1 aliphatic heterocycles. The first-order chi connectivity index (χ1) is 8.74. The van der Waals surface area contributed by atoms with Gasteiger partial charge in [0.1, 0.15) is 0 Å². The van der Waals surface area contributed by atoms with Crippen molar-refractivity contribution in [3.8, 4) is 5.75 Å². The number of nitrogens with one attached hydrogen (secondary N) is 1. The highest BCUT2D eigenvalue weighted by Gasteiger charge is 2.30. The Morgan fingerprint density at radius 1 is 1.33 bits per heavy atom. The molecule has 3 heterocycles. The monoisotopic (exact) mass is 261 g/mol. The molecule has 1 aliphatic rings. The molecule has 0 spiro atoms. The molecule has 6 heteroatoms. The van der Waals surface area contributed by atoms with Crippen molar-refractivity contribution < 1.29 is 9.53 Å². The van der Waals surface area contributed by atoms with Gasteiger partial charge in [-0.15, -0.1) is 0 Å². The molecule has 0 fully saturated rings. The van der Waals surface area contributed by atoms with E-state index in [9.17, 15) is 4.79 Å². The quantitative estimate of drug-likeness (QED) is 0.855. The summed E-state index contributed by atoms with van der Waals surface area (Å²) >= 11 is 5.84. The Kier molecular flexibility index (Phi) is 2.60. The molecule has 0 saturated heterocycles. The summed E-state index contributed by atoms with van der Waals surface area (Å²) < 4.78 is 5.59. The standard InChI is InChI=1S/C12H8ClN3O2/c13-7-5-9-11(15-6-7)16-12(17)10(18-9)8-3-1-2-4-14-8/h1-6,10H,(H,15,16,17). The summed E-state index contributed by atoms with van der Waals surface area (Å²) in [5.74, 6) is 0.519. The second-order valence-corrected chi connectivity index (χ2v) is 4.18. The predicted octanol–water partition coefficient (Wildman–Crippen LogP) is 2.20. The lowest BCUT2D eigenvalue weighted by Crippen LogP contribution is -2.31. The van der Waals surface area contributed by atoms with Gasteiger partial charge in [-0.3, -0.25) is 9.78 Å². The van der Waals surface area contributed by atoms with Gasteiger partial charge in [0.2, 0.25) is 6.10 Å². The van der Waals surface area contributed by atoms with Crippen LogP contribution in [0.25, 0.3) is 0 Å². The molecule has 0 aromatic carbocycles. The first-order valence-electron chi connectivity index (χ1n) is 5.28. The van der Waals surface area contributed by atoms with Crippen molar-refractivity contribution in [3.63, 3.8) is 0 Å². The lowest BCUT2D eigenvalue weighted by molar-refractivity contribution is -0.124. The lowest BCUT2D eigenvalue weighted by Gasteiger charge is -2.24. The summed E-state index contributed by atoms with van der Waals surface area (Å²) in [6.45, 7) is 0. The van der Waals surface area contributed by atoms with Crippen LogP contribution in [0.2, 0.25) is 5.02 Å². The Labute approximate surface area is 108 Å². The van der Waals surface area contributed by atoms with Gasteiger partial charge in [-0.25, -0.2) is 4.98 Å². The third-order valence-corrected chi connectivity index (χ3v) is 2.71. The SMILES string of the molecule is O=C1Nc2ncc(Cl)cc2OC1c1ccccn1. The number of fused-ring (bicyclic) bond motifs is 1. The number of pyridine rings is 2. The maximum absolute atomic E-state index is 11.9. The van der Waals surface area contributed by atoms with Crippen LogP contribution in [0.3, 0.4) is 0 Å². The highest BCUT2D eigenvalue weighted by atomic mass is 35.5. The maximum Gasteiger partial charge on any atom is 0.273 e. The number of carbonyl (C=O) groups excluding carboxylic acids is 1. The molecule has 90 valence electrons. The molecule has 5 nitrogen and oxygen atoms in total. The lowest BCUT2D eigenvalue weighted by atomic mass is 10.2. The number of anilines is 1. The fourth-order valence-corrected chi connectivity index (χ4v) is 1.84. The highest BCUT2D eigenvalue weighted by molar-refractivity contribution is 6.30. The van der Waals surface area contributed by atoms with E-state index in [1.807, 2.05) is 0 Å². The van der Waals surface area contributed by atoms with Crippen molar-refractivity contribution in [2.75, 3.05) is 5.32 Å². The average Bonchev–Trinajstić information content (AvgIpc) is 2.39. The smallest absolute Gasteiger partial charge is 0.273 e. The van der Waals surface area contributed by atoms with Crippen molar-refractivity contribution in [1.29, 1.82) is 0 Å². The van der Waals surface area contributed by atoms with Crippen LogP contribution < -0.4 is 10.1 Å². The fourth-order valence-electron chi connectivity index (χ4n) is 1.69. The van der Waals surface area contributed by atoms with E-state index in [4.69, 9.17) is 16.3 Å². The fraction of sp³-hybridized carbons (Fsp3) is 0.0833. The van der Waals surface area contributed by atoms with Crippen molar-refractivity contribution in [2.24, 2.45) is 0 Å². The summed E-state index contributed by atoms with van der Waals surface area (Å²) in [6.07, 6.45) is 2.28. The molecule has 0 radical (unpaired) electrons. The number of aromatic nitrogens is 2. The molecular formula is C12H8ClN3O2. The number of amides is 1. The molecule has 3 rings (SSSR count). The average molecular weight is 262 g/mol. The summed E-state index contributed by atoms with van der Waals surface area (Å²) in [6, 6.07) is 6.91. The zero-order valence-electron chi connectivity index (χ0n) is 9.13. The molecule has 0 saturated carbocycles. The Bertz CT molecular complexity index is 604. The number of carbonyl (C=O) groups is 1. The zero-order chi connectivity index (χ0) is 12.5. The zero-order valence-corrected chi connectivity index (χ0v) is 9.89.